The molecular formula is C21H21FN4O3S. The summed E-state index contributed by atoms with van der Waals surface area (Å²) in [6, 6.07) is 12.5. The van der Waals surface area contributed by atoms with Gasteiger partial charge >= 0.3 is 0 Å². The summed E-state index contributed by atoms with van der Waals surface area (Å²) in [5.74, 6) is -1.29. The second kappa shape index (κ2) is 9.53. The third-order valence-electron chi connectivity index (χ3n) is 4.49. The Kier molecular flexibility index (Phi) is 6.83. The number of carbonyl (C=O) groups is 2. The van der Waals surface area contributed by atoms with E-state index < -0.39 is 11.7 Å². The highest BCUT2D eigenvalue weighted by atomic mass is 32.2. The third kappa shape index (κ3) is 4.85. The van der Waals surface area contributed by atoms with E-state index >= 15 is 0 Å². The zero-order valence-electron chi connectivity index (χ0n) is 16.4. The number of fused-ring (bicyclic) bond motifs is 1. The maximum atomic E-state index is 13.3. The number of rotatable bonds is 8. The Labute approximate surface area is 176 Å². The van der Waals surface area contributed by atoms with Crippen molar-refractivity contribution in [3.8, 4) is 0 Å². The summed E-state index contributed by atoms with van der Waals surface area (Å²) < 4.78 is 14.8. The van der Waals surface area contributed by atoms with Crippen LogP contribution < -0.4 is 16.2 Å². The van der Waals surface area contributed by atoms with Crippen molar-refractivity contribution in [1.29, 1.82) is 0 Å². The molecule has 30 heavy (non-hydrogen) atoms. The molecule has 0 saturated heterocycles. The number of para-hydroxylation sites is 1. The van der Waals surface area contributed by atoms with Gasteiger partial charge < -0.3 is 10.6 Å². The van der Waals surface area contributed by atoms with Crippen LogP contribution in [0, 0.1) is 5.82 Å². The number of hydrogen-bond acceptors (Lipinski definition) is 5. The first-order chi connectivity index (χ1) is 14.4. The van der Waals surface area contributed by atoms with Gasteiger partial charge in [0.2, 0.25) is 11.8 Å². The van der Waals surface area contributed by atoms with Crippen molar-refractivity contribution >= 4 is 40.2 Å². The van der Waals surface area contributed by atoms with Crippen molar-refractivity contribution in [2.75, 3.05) is 17.2 Å². The minimum absolute atomic E-state index is 0.0130. The molecule has 0 fully saturated rings. The van der Waals surface area contributed by atoms with Crippen LogP contribution in [0.4, 0.5) is 10.1 Å². The predicted octanol–water partition coefficient (Wildman–Crippen LogP) is 2.56. The number of hydrogen-bond donors (Lipinski definition) is 1. The highest BCUT2D eigenvalue weighted by Crippen LogP contribution is 2.21. The molecule has 1 heterocycles. The number of nitrogens with two attached hydrogens (primary N) is 1. The molecule has 7 nitrogen and oxygen atoms in total. The topological polar surface area (TPSA) is 98.3 Å². The molecule has 0 bridgehead atoms. The Balaban J connectivity index is 1.85. The van der Waals surface area contributed by atoms with E-state index in [-0.39, 0.29) is 30.2 Å². The number of benzene rings is 2. The molecule has 0 aliphatic heterocycles. The molecular weight excluding hydrogens is 407 g/mol. The summed E-state index contributed by atoms with van der Waals surface area (Å²) in [4.78, 5) is 42.7. The normalized spacial score (nSPS) is 10.9. The summed E-state index contributed by atoms with van der Waals surface area (Å²) in [7, 11) is 0. The summed E-state index contributed by atoms with van der Waals surface area (Å²) in [5, 5.41) is 0.952. The Morgan fingerprint density at radius 2 is 1.87 bits per heavy atom. The molecule has 0 unspecified atom stereocenters. The number of nitrogens with zero attached hydrogens (tertiary/aromatic N) is 3. The van der Waals surface area contributed by atoms with Crippen LogP contribution in [-0.4, -0.2) is 33.7 Å². The largest absolute Gasteiger partial charge is 0.370 e. The van der Waals surface area contributed by atoms with Crippen molar-refractivity contribution in [3.05, 3.63) is 64.7 Å². The van der Waals surface area contributed by atoms with Crippen molar-refractivity contribution in [1.82, 2.24) is 9.55 Å². The number of primary amides is 1. The molecule has 2 amide bonds. The summed E-state index contributed by atoms with van der Waals surface area (Å²) >= 11 is 1.14. The van der Waals surface area contributed by atoms with Gasteiger partial charge in [0, 0.05) is 25.2 Å². The fourth-order valence-corrected chi connectivity index (χ4v) is 3.92. The molecule has 0 atom stereocenters. The molecule has 1 aromatic heterocycles. The van der Waals surface area contributed by atoms with Gasteiger partial charge in [0.1, 0.15) is 5.82 Å². The summed E-state index contributed by atoms with van der Waals surface area (Å²) in [6.07, 6.45) is -0.0261. The minimum atomic E-state index is -0.543. The first kappa shape index (κ1) is 21.5. The lowest BCUT2D eigenvalue weighted by atomic mass is 10.2. The Hall–Kier alpha value is -3.20. The van der Waals surface area contributed by atoms with Crippen LogP contribution in [0.1, 0.15) is 13.3 Å². The van der Waals surface area contributed by atoms with E-state index in [2.05, 4.69) is 4.98 Å². The van der Waals surface area contributed by atoms with Gasteiger partial charge in [0.05, 0.1) is 16.7 Å². The van der Waals surface area contributed by atoms with Crippen LogP contribution in [0.25, 0.3) is 10.9 Å². The van der Waals surface area contributed by atoms with E-state index in [0.717, 1.165) is 11.8 Å². The predicted molar refractivity (Wildman–Crippen MR) is 115 cm³/mol. The van der Waals surface area contributed by atoms with Crippen LogP contribution in [-0.2, 0) is 16.1 Å². The Bertz CT molecular complexity index is 1130. The van der Waals surface area contributed by atoms with Gasteiger partial charge in [-0.05, 0) is 43.3 Å². The average Bonchev–Trinajstić information content (AvgIpc) is 2.73. The van der Waals surface area contributed by atoms with E-state index in [0.29, 0.717) is 28.3 Å². The SMILES string of the molecule is CCn1c(SCC(=O)N(CCC(N)=O)c2ccc(F)cc2)nc2ccccc2c1=O. The lowest BCUT2D eigenvalue weighted by molar-refractivity contribution is -0.118. The fourth-order valence-electron chi connectivity index (χ4n) is 2.98. The molecule has 156 valence electrons. The smallest absolute Gasteiger partial charge is 0.262 e. The second-order valence-corrected chi connectivity index (χ2v) is 7.43. The number of aromatic nitrogens is 2. The van der Waals surface area contributed by atoms with Crippen LogP contribution in [0.3, 0.4) is 0 Å². The molecule has 0 aliphatic carbocycles. The van der Waals surface area contributed by atoms with Gasteiger partial charge in [-0.3, -0.25) is 19.0 Å². The van der Waals surface area contributed by atoms with Crippen LogP contribution >= 0.6 is 11.8 Å². The molecule has 0 aliphatic rings. The number of amides is 2. The van der Waals surface area contributed by atoms with Gasteiger partial charge in [-0.25, -0.2) is 9.37 Å². The van der Waals surface area contributed by atoms with Gasteiger partial charge in [-0.1, -0.05) is 23.9 Å². The van der Waals surface area contributed by atoms with E-state index in [1.54, 1.807) is 24.3 Å². The van der Waals surface area contributed by atoms with E-state index in [4.69, 9.17) is 5.73 Å². The van der Waals surface area contributed by atoms with Crippen LogP contribution in [0.2, 0.25) is 0 Å². The lowest BCUT2D eigenvalue weighted by Gasteiger charge is -2.22. The quantitative estimate of drug-likeness (QED) is 0.439. The molecule has 3 rings (SSSR count). The number of halogens is 1. The van der Waals surface area contributed by atoms with Crippen molar-refractivity contribution in [3.63, 3.8) is 0 Å². The summed E-state index contributed by atoms with van der Waals surface area (Å²) in [5.41, 5.74) is 6.08. The molecule has 0 spiro atoms. The highest BCUT2D eigenvalue weighted by Gasteiger charge is 2.19. The summed E-state index contributed by atoms with van der Waals surface area (Å²) in [6.45, 7) is 2.32. The molecule has 3 aromatic rings. The fraction of sp³-hybridized carbons (Fsp3) is 0.238. The van der Waals surface area contributed by atoms with E-state index in [1.165, 1.54) is 33.7 Å². The Morgan fingerprint density at radius 3 is 2.53 bits per heavy atom. The maximum Gasteiger partial charge on any atom is 0.262 e. The first-order valence-corrected chi connectivity index (χ1v) is 10.4. The average molecular weight is 428 g/mol. The van der Waals surface area contributed by atoms with Crippen molar-refractivity contribution in [2.24, 2.45) is 5.73 Å². The third-order valence-corrected chi connectivity index (χ3v) is 5.45. The van der Waals surface area contributed by atoms with Gasteiger partial charge in [-0.15, -0.1) is 0 Å². The minimum Gasteiger partial charge on any atom is -0.370 e. The number of thioether (sulfide) groups is 1. The highest BCUT2D eigenvalue weighted by molar-refractivity contribution is 7.99. The molecule has 2 aromatic carbocycles. The van der Waals surface area contributed by atoms with E-state index in [9.17, 15) is 18.8 Å². The van der Waals surface area contributed by atoms with Gasteiger partial charge in [0.25, 0.3) is 5.56 Å². The first-order valence-electron chi connectivity index (χ1n) is 9.37. The van der Waals surface area contributed by atoms with Gasteiger partial charge in [-0.2, -0.15) is 0 Å². The monoisotopic (exact) mass is 428 g/mol. The zero-order chi connectivity index (χ0) is 21.7. The van der Waals surface area contributed by atoms with E-state index in [1.807, 2.05) is 6.92 Å². The molecule has 0 radical (unpaired) electrons. The Morgan fingerprint density at radius 1 is 1.17 bits per heavy atom. The molecule has 0 saturated carbocycles. The maximum absolute atomic E-state index is 13.3. The standard InChI is InChI=1S/C21H21FN4O3S/c1-2-25-20(29)16-5-3-4-6-17(16)24-21(25)30-13-19(28)26(12-11-18(23)27)15-9-7-14(22)8-10-15/h3-10H,2,11-13H2,1H3,(H2,23,27). The van der Waals surface area contributed by atoms with Crippen molar-refractivity contribution < 1.29 is 14.0 Å². The van der Waals surface area contributed by atoms with Crippen LogP contribution in [0.15, 0.2) is 58.5 Å². The van der Waals surface area contributed by atoms with Crippen LogP contribution in [0.5, 0.6) is 0 Å². The van der Waals surface area contributed by atoms with Crippen molar-refractivity contribution in [2.45, 2.75) is 25.0 Å². The lowest BCUT2D eigenvalue weighted by Crippen LogP contribution is -2.35. The number of carbonyl (C=O) groups excluding carboxylic acids is 2. The molecule has 2 N–H and O–H groups in total. The van der Waals surface area contributed by atoms with Gasteiger partial charge in [0.15, 0.2) is 5.16 Å². The molecule has 9 heteroatoms. The second-order valence-electron chi connectivity index (χ2n) is 6.49. The zero-order valence-corrected chi connectivity index (χ0v) is 17.2. The number of anilines is 1.